The molecule has 2 amide bonds. The molecular formula is C26H23ClN2O3. The van der Waals surface area contributed by atoms with Gasteiger partial charge in [0.2, 0.25) is 0 Å². The molecule has 6 heteroatoms. The van der Waals surface area contributed by atoms with E-state index in [1.807, 2.05) is 51.1 Å². The number of rotatable bonds is 5. The van der Waals surface area contributed by atoms with Crippen molar-refractivity contribution in [2.45, 2.75) is 20.8 Å². The summed E-state index contributed by atoms with van der Waals surface area (Å²) in [6.45, 7) is 5.89. The molecule has 4 rings (SSSR count). The van der Waals surface area contributed by atoms with Crippen LogP contribution in [0.2, 0.25) is 5.02 Å². The summed E-state index contributed by atoms with van der Waals surface area (Å²) in [5.41, 5.74) is 5.34. The molecule has 5 nitrogen and oxygen atoms in total. The van der Waals surface area contributed by atoms with Crippen LogP contribution in [0.4, 0.5) is 11.4 Å². The van der Waals surface area contributed by atoms with Crippen molar-refractivity contribution in [3.05, 3.63) is 93.6 Å². The van der Waals surface area contributed by atoms with Crippen LogP contribution in [0, 0.1) is 20.8 Å². The Morgan fingerprint density at radius 2 is 1.59 bits per heavy atom. The molecule has 0 bridgehead atoms. The zero-order chi connectivity index (χ0) is 23.0. The third-order valence-electron chi connectivity index (χ3n) is 5.63. The number of carbonyl (C=O) groups excluding carboxylic acids is 2. The van der Waals surface area contributed by atoms with E-state index in [-0.39, 0.29) is 5.70 Å². The fourth-order valence-corrected chi connectivity index (χ4v) is 3.79. The summed E-state index contributed by atoms with van der Waals surface area (Å²) in [4.78, 5) is 28.3. The quantitative estimate of drug-likeness (QED) is 0.513. The van der Waals surface area contributed by atoms with E-state index in [9.17, 15) is 9.59 Å². The van der Waals surface area contributed by atoms with Gasteiger partial charge in [-0.3, -0.25) is 9.59 Å². The maximum absolute atomic E-state index is 13.6. The second-order valence-electron chi connectivity index (χ2n) is 7.79. The van der Waals surface area contributed by atoms with E-state index in [0.717, 1.165) is 16.7 Å². The summed E-state index contributed by atoms with van der Waals surface area (Å²) >= 11 is 6.28. The molecule has 1 heterocycles. The molecular weight excluding hydrogens is 424 g/mol. The molecule has 0 radical (unpaired) electrons. The van der Waals surface area contributed by atoms with Gasteiger partial charge in [-0.15, -0.1) is 0 Å². The first-order valence-electron chi connectivity index (χ1n) is 10.2. The summed E-state index contributed by atoms with van der Waals surface area (Å²) in [7, 11) is 1.54. The third kappa shape index (κ3) is 3.87. The van der Waals surface area contributed by atoms with E-state index in [4.69, 9.17) is 16.3 Å². The molecule has 0 atom stereocenters. The van der Waals surface area contributed by atoms with Gasteiger partial charge in [-0.1, -0.05) is 41.9 Å². The number of imide groups is 1. The lowest BCUT2D eigenvalue weighted by atomic mass is 9.99. The fraction of sp³-hybridized carbons (Fsp3) is 0.154. The van der Waals surface area contributed by atoms with Crippen LogP contribution < -0.4 is 15.0 Å². The van der Waals surface area contributed by atoms with Crippen molar-refractivity contribution in [3.63, 3.8) is 0 Å². The molecule has 1 aliphatic heterocycles. The van der Waals surface area contributed by atoms with Gasteiger partial charge in [0.05, 0.1) is 18.4 Å². The Bertz CT molecular complexity index is 1280. The molecule has 0 aliphatic carbocycles. The molecule has 0 fully saturated rings. The van der Waals surface area contributed by atoms with Gasteiger partial charge in [0, 0.05) is 16.8 Å². The van der Waals surface area contributed by atoms with E-state index in [2.05, 4.69) is 5.32 Å². The number of carbonyl (C=O) groups is 2. The van der Waals surface area contributed by atoms with Crippen molar-refractivity contribution in [1.82, 2.24) is 0 Å². The van der Waals surface area contributed by atoms with Gasteiger partial charge in [-0.2, -0.15) is 0 Å². The van der Waals surface area contributed by atoms with Gasteiger partial charge >= 0.3 is 0 Å². The molecule has 32 heavy (non-hydrogen) atoms. The number of anilines is 2. The molecule has 1 N–H and O–H groups in total. The number of nitrogens with one attached hydrogen (secondary N) is 1. The van der Waals surface area contributed by atoms with Gasteiger partial charge in [0.15, 0.2) is 0 Å². The Balaban J connectivity index is 1.84. The van der Waals surface area contributed by atoms with E-state index in [1.54, 1.807) is 37.4 Å². The minimum Gasteiger partial charge on any atom is -0.497 e. The van der Waals surface area contributed by atoms with Crippen LogP contribution in [-0.4, -0.2) is 18.9 Å². The smallest absolute Gasteiger partial charge is 0.282 e. The average molecular weight is 447 g/mol. The second-order valence-corrected chi connectivity index (χ2v) is 8.19. The summed E-state index contributed by atoms with van der Waals surface area (Å²) in [5, 5.41) is 3.73. The first-order chi connectivity index (χ1) is 15.3. The summed E-state index contributed by atoms with van der Waals surface area (Å²) in [5.74, 6) is -0.275. The molecule has 1 aliphatic rings. The van der Waals surface area contributed by atoms with Crippen LogP contribution in [0.25, 0.3) is 5.57 Å². The van der Waals surface area contributed by atoms with E-state index >= 15 is 0 Å². The van der Waals surface area contributed by atoms with Gasteiger partial charge in [-0.25, -0.2) is 4.90 Å². The first-order valence-corrected chi connectivity index (χ1v) is 10.6. The number of aryl methyl sites for hydroxylation is 3. The fourth-order valence-electron chi connectivity index (χ4n) is 3.61. The average Bonchev–Trinajstić information content (AvgIpc) is 3.02. The van der Waals surface area contributed by atoms with Gasteiger partial charge < -0.3 is 10.1 Å². The number of hydrogen-bond acceptors (Lipinski definition) is 4. The molecule has 0 aromatic heterocycles. The van der Waals surface area contributed by atoms with Crippen LogP contribution in [0.15, 0.2) is 66.4 Å². The molecule has 0 saturated carbocycles. The minimum atomic E-state index is -0.437. The Morgan fingerprint density at radius 3 is 2.28 bits per heavy atom. The largest absolute Gasteiger partial charge is 0.497 e. The van der Waals surface area contributed by atoms with Crippen molar-refractivity contribution in [1.29, 1.82) is 0 Å². The number of halogens is 1. The highest BCUT2D eigenvalue weighted by molar-refractivity contribution is 6.46. The predicted octanol–water partition coefficient (Wildman–Crippen LogP) is 5.67. The first kappa shape index (κ1) is 21.7. The number of ether oxygens (including phenoxy) is 1. The van der Waals surface area contributed by atoms with Crippen LogP contribution in [-0.2, 0) is 9.59 Å². The Kier molecular flexibility index (Phi) is 5.76. The maximum atomic E-state index is 13.6. The summed E-state index contributed by atoms with van der Waals surface area (Å²) < 4.78 is 5.28. The van der Waals surface area contributed by atoms with Crippen molar-refractivity contribution in [2.24, 2.45) is 0 Å². The Morgan fingerprint density at radius 1 is 0.844 bits per heavy atom. The predicted molar refractivity (Wildman–Crippen MR) is 128 cm³/mol. The van der Waals surface area contributed by atoms with E-state index in [0.29, 0.717) is 33.3 Å². The van der Waals surface area contributed by atoms with Gasteiger partial charge in [0.1, 0.15) is 11.4 Å². The lowest BCUT2D eigenvalue weighted by Crippen LogP contribution is -2.32. The van der Waals surface area contributed by atoms with Crippen LogP contribution in [0.1, 0.15) is 22.3 Å². The molecule has 3 aromatic carbocycles. The van der Waals surface area contributed by atoms with Crippen molar-refractivity contribution in [3.8, 4) is 5.75 Å². The van der Waals surface area contributed by atoms with Gasteiger partial charge in [0.25, 0.3) is 11.8 Å². The zero-order valence-electron chi connectivity index (χ0n) is 18.3. The Labute approximate surface area is 192 Å². The van der Waals surface area contributed by atoms with E-state index < -0.39 is 11.8 Å². The number of methoxy groups -OCH3 is 1. The van der Waals surface area contributed by atoms with Crippen molar-refractivity contribution < 1.29 is 14.3 Å². The molecule has 0 unspecified atom stereocenters. The minimum absolute atomic E-state index is 0.209. The highest BCUT2D eigenvalue weighted by atomic mass is 35.5. The zero-order valence-corrected chi connectivity index (χ0v) is 19.1. The number of amides is 2. The normalized spacial score (nSPS) is 13.7. The molecule has 162 valence electrons. The van der Waals surface area contributed by atoms with Crippen LogP contribution in [0.5, 0.6) is 5.75 Å². The van der Waals surface area contributed by atoms with Crippen LogP contribution >= 0.6 is 11.6 Å². The number of hydrogen-bond donors (Lipinski definition) is 1. The monoisotopic (exact) mass is 446 g/mol. The standard InChI is InChI=1S/C26H23ClN2O3/c1-15-8-10-18(12-17(15)3)23-24(28-19-11-9-16(2)22(27)13-19)26(31)29(25(23)30)20-6-5-7-21(14-20)32-4/h5-14,28H,1-4H3. The molecule has 0 saturated heterocycles. The second kappa shape index (κ2) is 8.52. The maximum Gasteiger partial charge on any atom is 0.282 e. The lowest BCUT2D eigenvalue weighted by molar-refractivity contribution is -0.120. The topological polar surface area (TPSA) is 58.6 Å². The lowest BCUT2D eigenvalue weighted by Gasteiger charge is -2.16. The number of benzene rings is 3. The van der Waals surface area contributed by atoms with E-state index in [1.165, 1.54) is 4.90 Å². The third-order valence-corrected chi connectivity index (χ3v) is 6.04. The van der Waals surface area contributed by atoms with Crippen LogP contribution in [0.3, 0.4) is 0 Å². The highest BCUT2D eigenvalue weighted by Gasteiger charge is 2.40. The SMILES string of the molecule is COc1cccc(N2C(=O)C(Nc3ccc(C)c(Cl)c3)=C(c3ccc(C)c(C)c3)C2=O)c1. The number of nitrogens with zero attached hydrogens (tertiary/aromatic N) is 1. The summed E-state index contributed by atoms with van der Waals surface area (Å²) in [6, 6.07) is 18.1. The molecule has 3 aromatic rings. The summed E-state index contributed by atoms with van der Waals surface area (Å²) in [6.07, 6.45) is 0. The van der Waals surface area contributed by atoms with Crippen molar-refractivity contribution >= 4 is 40.4 Å². The highest BCUT2D eigenvalue weighted by Crippen LogP contribution is 2.35. The molecule has 0 spiro atoms. The Hall–Kier alpha value is -3.57. The van der Waals surface area contributed by atoms with Crippen molar-refractivity contribution in [2.75, 3.05) is 17.3 Å². The van der Waals surface area contributed by atoms with Gasteiger partial charge in [-0.05, 0) is 67.3 Å².